The zero-order valence-electron chi connectivity index (χ0n) is 17.7. The van der Waals surface area contributed by atoms with Gasteiger partial charge < -0.3 is 9.30 Å². The molecule has 1 aromatic heterocycles. The lowest BCUT2D eigenvalue weighted by Crippen LogP contribution is -2.30. The van der Waals surface area contributed by atoms with Crippen LogP contribution in [0.15, 0.2) is 63.5 Å². The van der Waals surface area contributed by atoms with Crippen molar-refractivity contribution in [3.05, 3.63) is 59.9 Å². The number of nitrogens with zero attached hydrogens (tertiary/aromatic N) is 3. The number of fused-ring (bicyclic) bond motifs is 2. The summed E-state index contributed by atoms with van der Waals surface area (Å²) in [5, 5.41) is 0.895. The standard InChI is InChI=1S/C24H25N3O2S2/c1-16-17(2)26(14-18-8-7-13-29-18)24(25-16)30-15-23(28)27-19-9-3-5-11-21(19)31-22-12-6-4-10-20(22)27/h3-6,9-12,18H,7-8,13-15H2,1-2H3/t18-/m1/s1. The van der Waals surface area contributed by atoms with Gasteiger partial charge in [0.15, 0.2) is 5.16 Å². The molecule has 1 amide bonds. The van der Waals surface area contributed by atoms with Crippen LogP contribution < -0.4 is 4.90 Å². The highest BCUT2D eigenvalue weighted by Gasteiger charge is 2.28. The van der Waals surface area contributed by atoms with E-state index in [1.54, 1.807) is 11.8 Å². The number of imidazole rings is 1. The zero-order valence-corrected chi connectivity index (χ0v) is 19.3. The SMILES string of the molecule is Cc1nc(SCC(=O)N2c3ccccc3Sc3ccccc32)n(C[C@H]2CCCO2)c1C. The van der Waals surface area contributed by atoms with Crippen LogP contribution in [-0.2, 0) is 16.1 Å². The van der Waals surface area contributed by atoms with E-state index in [4.69, 9.17) is 9.72 Å². The number of ether oxygens (including phenoxy) is 1. The minimum absolute atomic E-state index is 0.0622. The van der Waals surface area contributed by atoms with Crippen LogP contribution in [0.5, 0.6) is 0 Å². The third-order valence-electron chi connectivity index (χ3n) is 5.84. The molecule has 1 atom stereocenters. The number of hydrogen-bond donors (Lipinski definition) is 0. The van der Waals surface area contributed by atoms with Gasteiger partial charge in [0.05, 0.1) is 35.5 Å². The monoisotopic (exact) mass is 451 g/mol. The molecule has 0 bridgehead atoms. The van der Waals surface area contributed by atoms with E-state index >= 15 is 0 Å². The molecule has 2 aliphatic heterocycles. The lowest BCUT2D eigenvalue weighted by atomic mass is 10.2. The molecule has 1 fully saturated rings. The summed E-state index contributed by atoms with van der Waals surface area (Å²) >= 11 is 3.23. The van der Waals surface area contributed by atoms with Gasteiger partial charge in [-0.05, 0) is 51.0 Å². The Morgan fingerprint density at radius 2 is 1.81 bits per heavy atom. The van der Waals surface area contributed by atoms with Gasteiger partial charge in [-0.1, -0.05) is 47.8 Å². The number of rotatable bonds is 5. The number of amides is 1. The number of aryl methyl sites for hydroxylation is 1. The second kappa shape index (κ2) is 8.73. The molecule has 2 aromatic carbocycles. The molecular formula is C24H25N3O2S2. The molecule has 0 unspecified atom stereocenters. The largest absolute Gasteiger partial charge is 0.376 e. The maximum absolute atomic E-state index is 13.5. The van der Waals surface area contributed by atoms with E-state index in [1.165, 1.54) is 11.8 Å². The van der Waals surface area contributed by atoms with Crippen LogP contribution in [0.3, 0.4) is 0 Å². The summed E-state index contributed by atoms with van der Waals surface area (Å²) in [6.07, 6.45) is 2.43. The van der Waals surface area contributed by atoms with Crippen LogP contribution in [0, 0.1) is 13.8 Å². The number of aromatic nitrogens is 2. The summed E-state index contributed by atoms with van der Waals surface area (Å²) in [6, 6.07) is 16.2. The molecule has 0 radical (unpaired) electrons. The smallest absolute Gasteiger partial charge is 0.242 e. The average Bonchev–Trinajstić information content (AvgIpc) is 3.39. The van der Waals surface area contributed by atoms with Crippen molar-refractivity contribution in [2.75, 3.05) is 17.3 Å². The van der Waals surface area contributed by atoms with E-state index in [0.717, 1.165) is 63.7 Å². The van der Waals surface area contributed by atoms with Crippen molar-refractivity contribution < 1.29 is 9.53 Å². The number of hydrogen-bond acceptors (Lipinski definition) is 5. The fourth-order valence-corrected chi connectivity index (χ4v) is 6.11. The molecule has 2 aliphatic rings. The summed E-state index contributed by atoms with van der Waals surface area (Å²) in [7, 11) is 0. The molecule has 0 aliphatic carbocycles. The van der Waals surface area contributed by atoms with Gasteiger partial charge >= 0.3 is 0 Å². The minimum Gasteiger partial charge on any atom is -0.376 e. The van der Waals surface area contributed by atoms with Crippen molar-refractivity contribution in [2.45, 2.75) is 54.3 Å². The van der Waals surface area contributed by atoms with Crippen molar-refractivity contribution in [1.29, 1.82) is 0 Å². The Labute approximate surface area is 191 Å². The second-order valence-corrected chi connectivity index (χ2v) is 9.89. The predicted molar refractivity (Wildman–Crippen MR) is 126 cm³/mol. The van der Waals surface area contributed by atoms with Crippen molar-refractivity contribution in [2.24, 2.45) is 0 Å². The number of thioether (sulfide) groups is 1. The van der Waals surface area contributed by atoms with E-state index in [-0.39, 0.29) is 12.0 Å². The van der Waals surface area contributed by atoms with Crippen molar-refractivity contribution in [3.63, 3.8) is 0 Å². The van der Waals surface area contributed by atoms with Gasteiger partial charge in [-0.25, -0.2) is 4.98 Å². The quantitative estimate of drug-likeness (QED) is 0.473. The lowest BCUT2D eigenvalue weighted by molar-refractivity contribution is -0.115. The van der Waals surface area contributed by atoms with Gasteiger partial charge in [-0.2, -0.15) is 0 Å². The first-order valence-electron chi connectivity index (χ1n) is 10.6. The first-order valence-corrected chi connectivity index (χ1v) is 12.4. The van der Waals surface area contributed by atoms with E-state index in [1.807, 2.05) is 48.2 Å². The van der Waals surface area contributed by atoms with E-state index in [9.17, 15) is 4.79 Å². The predicted octanol–water partition coefficient (Wildman–Crippen LogP) is 5.60. The van der Waals surface area contributed by atoms with Crippen molar-refractivity contribution in [1.82, 2.24) is 9.55 Å². The fraction of sp³-hybridized carbons (Fsp3) is 0.333. The lowest BCUT2D eigenvalue weighted by Gasteiger charge is -2.31. The second-order valence-electron chi connectivity index (χ2n) is 7.87. The van der Waals surface area contributed by atoms with Gasteiger partial charge in [0, 0.05) is 22.1 Å². The maximum atomic E-state index is 13.5. The molecule has 3 heterocycles. The van der Waals surface area contributed by atoms with Gasteiger partial charge in [0.25, 0.3) is 0 Å². The van der Waals surface area contributed by atoms with Crippen LogP contribution in [0.25, 0.3) is 0 Å². The zero-order chi connectivity index (χ0) is 21.4. The minimum atomic E-state index is 0.0622. The highest BCUT2D eigenvalue weighted by molar-refractivity contribution is 8.00. The van der Waals surface area contributed by atoms with E-state index in [0.29, 0.717) is 5.75 Å². The number of benzene rings is 2. The Balaban J connectivity index is 1.39. The first kappa shape index (κ1) is 20.7. The molecular weight excluding hydrogens is 426 g/mol. The summed E-state index contributed by atoms with van der Waals surface area (Å²) < 4.78 is 8.06. The normalized spacial score (nSPS) is 17.5. The van der Waals surface area contributed by atoms with Crippen LogP contribution in [-0.4, -0.2) is 33.9 Å². The highest BCUT2D eigenvalue weighted by atomic mass is 32.2. The van der Waals surface area contributed by atoms with Crippen LogP contribution >= 0.6 is 23.5 Å². The molecule has 1 saturated heterocycles. The molecule has 0 spiro atoms. The molecule has 3 aromatic rings. The van der Waals surface area contributed by atoms with E-state index in [2.05, 4.69) is 23.6 Å². The number of carbonyl (C=O) groups excluding carboxylic acids is 1. The van der Waals surface area contributed by atoms with E-state index < -0.39 is 0 Å². The summed E-state index contributed by atoms with van der Waals surface area (Å²) in [6.45, 7) is 5.76. The summed E-state index contributed by atoms with van der Waals surface area (Å²) in [4.78, 5) is 22.3. The number of anilines is 2. The third kappa shape index (κ3) is 4.02. The molecule has 5 rings (SSSR count). The van der Waals surface area contributed by atoms with Crippen LogP contribution in [0.4, 0.5) is 11.4 Å². The summed E-state index contributed by atoms with van der Waals surface area (Å²) in [5.41, 5.74) is 4.06. The Bertz CT molecular complexity index is 1080. The van der Waals surface area contributed by atoms with Crippen molar-refractivity contribution in [3.8, 4) is 0 Å². The van der Waals surface area contributed by atoms with Crippen LogP contribution in [0.2, 0.25) is 0 Å². The Morgan fingerprint density at radius 1 is 1.13 bits per heavy atom. The van der Waals surface area contributed by atoms with Gasteiger partial charge in [0.1, 0.15) is 0 Å². The molecule has 7 heteroatoms. The number of para-hydroxylation sites is 2. The highest BCUT2D eigenvalue weighted by Crippen LogP contribution is 2.48. The molecule has 5 nitrogen and oxygen atoms in total. The van der Waals surface area contributed by atoms with Gasteiger partial charge in [-0.15, -0.1) is 0 Å². The number of carbonyl (C=O) groups is 1. The average molecular weight is 452 g/mol. The van der Waals surface area contributed by atoms with Crippen LogP contribution in [0.1, 0.15) is 24.2 Å². The van der Waals surface area contributed by atoms with Crippen molar-refractivity contribution >= 4 is 40.8 Å². The Morgan fingerprint density at radius 3 is 2.45 bits per heavy atom. The topological polar surface area (TPSA) is 47.4 Å². The Hall–Kier alpha value is -2.22. The fourth-order valence-electron chi connectivity index (χ4n) is 4.10. The summed E-state index contributed by atoms with van der Waals surface area (Å²) in [5.74, 6) is 0.390. The molecule has 0 saturated carbocycles. The molecule has 160 valence electrons. The molecule has 31 heavy (non-hydrogen) atoms. The Kier molecular flexibility index (Phi) is 5.82. The van der Waals surface area contributed by atoms with Gasteiger partial charge in [-0.3, -0.25) is 9.69 Å². The third-order valence-corrected chi connectivity index (χ3v) is 7.93. The first-order chi connectivity index (χ1) is 15.1. The molecule has 0 N–H and O–H groups in total. The maximum Gasteiger partial charge on any atom is 0.242 e. The van der Waals surface area contributed by atoms with Gasteiger partial charge in [0.2, 0.25) is 5.91 Å².